The van der Waals surface area contributed by atoms with Crippen LogP contribution in [-0.4, -0.2) is 41.1 Å². The monoisotopic (exact) mass is 347 g/mol. The molecule has 0 bridgehead atoms. The molecule has 1 N–H and O–H groups in total. The van der Waals surface area contributed by atoms with Crippen molar-refractivity contribution in [1.82, 2.24) is 15.2 Å². The van der Waals surface area contributed by atoms with Gasteiger partial charge in [0.25, 0.3) is 0 Å². The summed E-state index contributed by atoms with van der Waals surface area (Å²) in [6.45, 7) is 3.32. The number of hydrogen-bond donors (Lipinski definition) is 1. The molecule has 0 saturated carbocycles. The van der Waals surface area contributed by atoms with Crippen LogP contribution >= 0.6 is 11.3 Å². The van der Waals surface area contributed by atoms with Crippen molar-refractivity contribution in [2.45, 2.75) is 38.1 Å². The van der Waals surface area contributed by atoms with Gasteiger partial charge in [-0.1, -0.05) is 0 Å². The number of amides is 1. The summed E-state index contributed by atoms with van der Waals surface area (Å²) < 4.78 is 11.3. The Kier molecular flexibility index (Phi) is 4.64. The zero-order valence-electron chi connectivity index (χ0n) is 13.4. The van der Waals surface area contributed by atoms with Gasteiger partial charge in [-0.15, -0.1) is 11.3 Å². The fourth-order valence-electron chi connectivity index (χ4n) is 3.61. The molecule has 1 amide bonds. The van der Waals surface area contributed by atoms with Crippen LogP contribution in [0.2, 0.25) is 0 Å². The van der Waals surface area contributed by atoms with E-state index in [-0.39, 0.29) is 18.1 Å². The quantitative estimate of drug-likeness (QED) is 0.866. The minimum Gasteiger partial charge on any atom is -0.467 e. The smallest absolute Gasteiger partial charge is 0.222 e. The van der Waals surface area contributed by atoms with Crippen molar-refractivity contribution in [1.29, 1.82) is 0 Å². The SMILES string of the molecule is O=C(C[C@@H]1C[C@@H]2CN(Cc3nccs3)C[C@@H]2O1)NCc1ccco1. The minimum atomic E-state index is 0.0241. The van der Waals surface area contributed by atoms with E-state index in [1.165, 1.54) is 0 Å². The van der Waals surface area contributed by atoms with E-state index in [2.05, 4.69) is 15.2 Å². The van der Waals surface area contributed by atoms with Crippen molar-refractivity contribution in [2.24, 2.45) is 5.92 Å². The molecule has 0 aromatic carbocycles. The van der Waals surface area contributed by atoms with Gasteiger partial charge in [0.05, 0.1) is 38.0 Å². The van der Waals surface area contributed by atoms with Gasteiger partial charge in [-0.05, 0) is 18.6 Å². The number of hydrogen-bond acceptors (Lipinski definition) is 6. The number of ether oxygens (including phenoxy) is 1. The van der Waals surface area contributed by atoms with Gasteiger partial charge in [0.15, 0.2) is 0 Å². The number of carbonyl (C=O) groups excluding carboxylic acids is 1. The first kappa shape index (κ1) is 15.8. The zero-order valence-corrected chi connectivity index (χ0v) is 14.2. The molecule has 7 heteroatoms. The Bertz CT molecular complexity index is 645. The first-order valence-electron chi connectivity index (χ1n) is 8.31. The summed E-state index contributed by atoms with van der Waals surface area (Å²) in [5.41, 5.74) is 0. The summed E-state index contributed by atoms with van der Waals surface area (Å²) >= 11 is 1.70. The van der Waals surface area contributed by atoms with Crippen molar-refractivity contribution < 1.29 is 13.9 Å². The third kappa shape index (κ3) is 3.68. The Balaban J connectivity index is 1.20. The lowest BCUT2D eigenvalue weighted by Gasteiger charge is -2.17. The third-order valence-corrected chi connectivity index (χ3v) is 5.45. The minimum absolute atomic E-state index is 0.0241. The normalized spacial score (nSPS) is 26.6. The van der Waals surface area contributed by atoms with Crippen LogP contribution in [0.15, 0.2) is 34.4 Å². The van der Waals surface area contributed by atoms with E-state index in [1.54, 1.807) is 17.6 Å². The Morgan fingerprint density at radius 1 is 1.46 bits per heavy atom. The molecule has 4 rings (SSSR count). The fraction of sp³-hybridized carbons (Fsp3) is 0.529. The molecule has 2 aliphatic rings. The van der Waals surface area contributed by atoms with Crippen molar-refractivity contribution in [2.75, 3.05) is 13.1 Å². The number of nitrogens with one attached hydrogen (secondary N) is 1. The molecule has 24 heavy (non-hydrogen) atoms. The van der Waals surface area contributed by atoms with Gasteiger partial charge in [-0.3, -0.25) is 9.69 Å². The van der Waals surface area contributed by atoms with Gasteiger partial charge >= 0.3 is 0 Å². The highest BCUT2D eigenvalue weighted by atomic mass is 32.1. The molecule has 4 heterocycles. The summed E-state index contributed by atoms with van der Waals surface area (Å²) in [6, 6.07) is 3.67. The molecule has 128 valence electrons. The van der Waals surface area contributed by atoms with E-state index in [0.717, 1.165) is 36.8 Å². The van der Waals surface area contributed by atoms with Gasteiger partial charge in [0.1, 0.15) is 10.8 Å². The molecule has 2 fully saturated rings. The second-order valence-electron chi connectivity index (χ2n) is 6.47. The zero-order chi connectivity index (χ0) is 16.4. The average Bonchev–Trinajstić information content (AvgIpc) is 3.30. The number of likely N-dealkylation sites (tertiary alicyclic amines) is 1. The molecule has 2 aromatic heterocycles. The summed E-state index contributed by atoms with van der Waals surface area (Å²) in [7, 11) is 0. The maximum atomic E-state index is 12.0. The largest absolute Gasteiger partial charge is 0.467 e. The standard InChI is InChI=1S/C17H21N3O3S/c21-16(19-8-13-2-1-4-22-13)7-14-6-12-9-20(10-15(12)23-14)11-17-18-3-5-24-17/h1-5,12,14-15H,6-11H2,(H,19,21)/t12-,14+,15+/m1/s1. The second-order valence-corrected chi connectivity index (χ2v) is 7.45. The summed E-state index contributed by atoms with van der Waals surface area (Å²) in [6.07, 6.45) is 5.16. The van der Waals surface area contributed by atoms with Crippen LogP contribution in [0.3, 0.4) is 0 Å². The Morgan fingerprint density at radius 3 is 3.17 bits per heavy atom. The number of fused-ring (bicyclic) bond motifs is 1. The van der Waals surface area contributed by atoms with Gasteiger partial charge in [-0.25, -0.2) is 4.98 Å². The van der Waals surface area contributed by atoms with Gasteiger partial charge in [0.2, 0.25) is 5.91 Å². The van der Waals surface area contributed by atoms with Crippen LogP contribution in [0.4, 0.5) is 0 Å². The Labute approximate surface area is 144 Å². The molecule has 2 saturated heterocycles. The predicted octanol–water partition coefficient (Wildman–Crippen LogP) is 2.03. The summed E-state index contributed by atoms with van der Waals surface area (Å²) in [5, 5.41) is 6.06. The van der Waals surface area contributed by atoms with Crippen molar-refractivity contribution in [3.63, 3.8) is 0 Å². The predicted molar refractivity (Wildman–Crippen MR) is 89.3 cm³/mol. The lowest BCUT2D eigenvalue weighted by Crippen LogP contribution is -2.29. The molecule has 2 aliphatic heterocycles. The number of rotatable bonds is 6. The summed E-state index contributed by atoms with van der Waals surface area (Å²) in [4.78, 5) is 18.8. The first-order valence-corrected chi connectivity index (χ1v) is 9.19. The Hall–Kier alpha value is -1.70. The molecule has 0 spiro atoms. The van der Waals surface area contributed by atoms with E-state index in [9.17, 15) is 4.79 Å². The van der Waals surface area contributed by atoms with E-state index in [4.69, 9.17) is 9.15 Å². The van der Waals surface area contributed by atoms with Crippen molar-refractivity contribution in [3.8, 4) is 0 Å². The van der Waals surface area contributed by atoms with Crippen molar-refractivity contribution >= 4 is 17.2 Å². The number of thiazole rings is 1. The third-order valence-electron chi connectivity index (χ3n) is 4.68. The number of nitrogens with zero attached hydrogens (tertiary/aromatic N) is 2. The highest BCUT2D eigenvalue weighted by molar-refractivity contribution is 7.09. The highest BCUT2D eigenvalue weighted by Gasteiger charge is 2.42. The maximum Gasteiger partial charge on any atom is 0.222 e. The number of furan rings is 1. The van der Waals surface area contributed by atoms with Crippen LogP contribution < -0.4 is 5.32 Å². The molecule has 0 unspecified atom stereocenters. The van der Waals surface area contributed by atoms with E-state index < -0.39 is 0 Å². The Morgan fingerprint density at radius 2 is 2.42 bits per heavy atom. The second kappa shape index (κ2) is 7.04. The number of carbonyl (C=O) groups is 1. The molecular formula is C17H21N3O3S. The van der Waals surface area contributed by atoms with E-state index >= 15 is 0 Å². The lowest BCUT2D eigenvalue weighted by molar-refractivity contribution is -0.124. The van der Waals surface area contributed by atoms with Gasteiger partial charge in [0, 0.05) is 30.6 Å². The van der Waals surface area contributed by atoms with Crippen LogP contribution in [0.25, 0.3) is 0 Å². The average molecular weight is 347 g/mol. The highest BCUT2D eigenvalue weighted by Crippen LogP contribution is 2.34. The van der Waals surface area contributed by atoms with Crippen LogP contribution in [0, 0.1) is 5.92 Å². The van der Waals surface area contributed by atoms with Crippen LogP contribution in [0.5, 0.6) is 0 Å². The molecule has 2 aromatic rings. The molecular weight excluding hydrogens is 326 g/mol. The van der Waals surface area contributed by atoms with Crippen LogP contribution in [-0.2, 0) is 22.6 Å². The van der Waals surface area contributed by atoms with E-state index in [0.29, 0.717) is 18.9 Å². The molecule has 6 nitrogen and oxygen atoms in total. The summed E-state index contributed by atoms with van der Waals surface area (Å²) in [5.74, 6) is 1.33. The van der Waals surface area contributed by atoms with Crippen LogP contribution in [0.1, 0.15) is 23.6 Å². The first-order chi connectivity index (χ1) is 11.8. The molecule has 0 radical (unpaired) electrons. The maximum absolute atomic E-state index is 12.0. The lowest BCUT2D eigenvalue weighted by atomic mass is 10.0. The van der Waals surface area contributed by atoms with Crippen molar-refractivity contribution in [3.05, 3.63) is 40.7 Å². The van der Waals surface area contributed by atoms with Gasteiger partial charge < -0.3 is 14.5 Å². The van der Waals surface area contributed by atoms with Gasteiger partial charge in [-0.2, -0.15) is 0 Å². The number of aromatic nitrogens is 1. The molecule has 0 aliphatic carbocycles. The molecule has 3 atom stereocenters. The fourth-order valence-corrected chi connectivity index (χ4v) is 4.27. The topological polar surface area (TPSA) is 67.6 Å². The van der Waals surface area contributed by atoms with E-state index in [1.807, 2.05) is 23.7 Å².